The minimum absolute atomic E-state index is 0.143. The molecule has 1 unspecified atom stereocenters. The third-order valence-electron chi connectivity index (χ3n) is 3.97. The van der Waals surface area contributed by atoms with E-state index >= 15 is 0 Å². The number of hydrogen-bond acceptors (Lipinski definition) is 3. The largest absolute Gasteiger partial charge is 0.329 e. The molecule has 0 aromatic rings. The molecule has 1 saturated carbocycles. The highest BCUT2D eigenvalue weighted by Gasteiger charge is 2.28. The summed E-state index contributed by atoms with van der Waals surface area (Å²) in [5, 5.41) is 0. The first-order valence-electron chi connectivity index (χ1n) is 7.46. The first kappa shape index (κ1) is 16.9. The van der Waals surface area contributed by atoms with Crippen molar-refractivity contribution in [1.29, 1.82) is 0 Å². The molecule has 19 heavy (non-hydrogen) atoms. The van der Waals surface area contributed by atoms with Crippen molar-refractivity contribution in [2.45, 2.75) is 70.4 Å². The lowest BCUT2D eigenvalue weighted by molar-refractivity contribution is 0.281. The van der Waals surface area contributed by atoms with E-state index in [1.807, 2.05) is 0 Å². The van der Waals surface area contributed by atoms with Crippen LogP contribution in [0.1, 0.15) is 58.3 Å². The molecule has 3 N–H and O–H groups in total. The highest BCUT2D eigenvalue weighted by Crippen LogP contribution is 2.23. The Hall–Kier alpha value is -0.170. The van der Waals surface area contributed by atoms with Crippen molar-refractivity contribution in [3.63, 3.8) is 0 Å². The van der Waals surface area contributed by atoms with Crippen molar-refractivity contribution >= 4 is 10.2 Å². The zero-order valence-corrected chi connectivity index (χ0v) is 13.1. The number of rotatable bonds is 8. The Bertz CT molecular complexity index is 340. The standard InChI is InChI=1S/C13H29N3O2S/c1-3-4-8-12(11-14)15-19(17,18)16(2)13-9-6-5-7-10-13/h12-13,15H,3-11,14H2,1-2H3. The van der Waals surface area contributed by atoms with Gasteiger partial charge in [-0.3, -0.25) is 0 Å². The van der Waals surface area contributed by atoms with Gasteiger partial charge in [0.15, 0.2) is 0 Å². The SMILES string of the molecule is CCCCC(CN)NS(=O)(=O)N(C)C1CCCCC1. The lowest BCUT2D eigenvalue weighted by atomic mass is 9.96. The fourth-order valence-corrected chi connectivity index (χ4v) is 4.01. The quantitative estimate of drug-likeness (QED) is 0.713. The fourth-order valence-electron chi connectivity index (χ4n) is 2.61. The van der Waals surface area contributed by atoms with Crippen LogP contribution in [-0.2, 0) is 10.2 Å². The second-order valence-corrected chi connectivity index (χ2v) is 7.27. The highest BCUT2D eigenvalue weighted by molar-refractivity contribution is 7.87. The van der Waals surface area contributed by atoms with Gasteiger partial charge >= 0.3 is 0 Å². The summed E-state index contributed by atoms with van der Waals surface area (Å²) in [6, 6.07) is 0.00633. The minimum atomic E-state index is -3.40. The summed E-state index contributed by atoms with van der Waals surface area (Å²) < 4.78 is 28.9. The summed E-state index contributed by atoms with van der Waals surface area (Å²) in [6.45, 7) is 2.45. The van der Waals surface area contributed by atoms with Crippen molar-refractivity contribution in [1.82, 2.24) is 9.03 Å². The van der Waals surface area contributed by atoms with E-state index in [0.717, 1.165) is 44.9 Å². The number of nitrogens with one attached hydrogen (secondary N) is 1. The summed E-state index contributed by atoms with van der Waals surface area (Å²) in [4.78, 5) is 0. The summed E-state index contributed by atoms with van der Waals surface area (Å²) in [5.41, 5.74) is 5.65. The molecule has 1 atom stereocenters. The normalized spacial score (nSPS) is 19.8. The Balaban J connectivity index is 2.57. The first-order valence-corrected chi connectivity index (χ1v) is 8.90. The topological polar surface area (TPSA) is 75.4 Å². The van der Waals surface area contributed by atoms with Crippen molar-refractivity contribution < 1.29 is 8.42 Å². The molecule has 0 radical (unpaired) electrons. The van der Waals surface area contributed by atoms with Crippen LogP contribution in [0.5, 0.6) is 0 Å². The molecule has 1 aliphatic carbocycles. The van der Waals surface area contributed by atoms with E-state index in [1.165, 1.54) is 10.7 Å². The van der Waals surface area contributed by atoms with E-state index in [0.29, 0.717) is 6.54 Å². The summed E-state index contributed by atoms with van der Waals surface area (Å²) in [6.07, 6.45) is 8.28. The number of hydrogen-bond donors (Lipinski definition) is 2. The van der Waals surface area contributed by atoms with Crippen molar-refractivity contribution in [3.8, 4) is 0 Å². The van der Waals surface area contributed by atoms with Gasteiger partial charge in [-0.1, -0.05) is 39.0 Å². The van der Waals surface area contributed by atoms with Gasteiger partial charge in [-0.05, 0) is 19.3 Å². The Morgan fingerprint density at radius 1 is 1.32 bits per heavy atom. The monoisotopic (exact) mass is 291 g/mol. The minimum Gasteiger partial charge on any atom is -0.329 e. The summed E-state index contributed by atoms with van der Waals surface area (Å²) in [7, 11) is -1.71. The Morgan fingerprint density at radius 3 is 2.47 bits per heavy atom. The average molecular weight is 291 g/mol. The predicted octanol–water partition coefficient (Wildman–Crippen LogP) is 1.60. The maximum atomic E-state index is 12.3. The maximum Gasteiger partial charge on any atom is 0.279 e. The van der Waals surface area contributed by atoms with Gasteiger partial charge in [0.2, 0.25) is 0 Å². The van der Waals surface area contributed by atoms with Crippen LogP contribution < -0.4 is 10.5 Å². The number of nitrogens with two attached hydrogens (primary N) is 1. The van der Waals surface area contributed by atoms with Gasteiger partial charge < -0.3 is 5.73 Å². The van der Waals surface area contributed by atoms with Gasteiger partial charge in [-0.15, -0.1) is 0 Å². The molecule has 6 heteroatoms. The zero-order chi connectivity index (χ0) is 14.3. The molecule has 0 bridgehead atoms. The third-order valence-corrected chi connectivity index (χ3v) is 5.66. The molecule has 114 valence electrons. The Morgan fingerprint density at radius 2 is 1.95 bits per heavy atom. The van der Waals surface area contributed by atoms with Gasteiger partial charge in [0.25, 0.3) is 10.2 Å². The molecule has 0 aromatic carbocycles. The molecule has 0 saturated heterocycles. The smallest absolute Gasteiger partial charge is 0.279 e. The van der Waals surface area contributed by atoms with Crippen LogP contribution >= 0.6 is 0 Å². The summed E-state index contributed by atoms with van der Waals surface area (Å²) >= 11 is 0. The molecule has 0 heterocycles. The lowest BCUT2D eigenvalue weighted by Crippen LogP contribution is -2.50. The number of nitrogens with zero attached hydrogens (tertiary/aromatic N) is 1. The molecule has 0 amide bonds. The number of unbranched alkanes of at least 4 members (excludes halogenated alkanes) is 1. The van der Waals surface area contributed by atoms with Gasteiger partial charge in [-0.2, -0.15) is 17.4 Å². The Labute approximate surface area is 118 Å². The van der Waals surface area contributed by atoms with Crippen LogP contribution in [0, 0.1) is 0 Å². The van der Waals surface area contributed by atoms with Crippen LogP contribution in [0.25, 0.3) is 0 Å². The second-order valence-electron chi connectivity index (χ2n) is 5.51. The molecule has 0 spiro atoms. The highest BCUT2D eigenvalue weighted by atomic mass is 32.2. The molecular weight excluding hydrogens is 262 g/mol. The van der Waals surface area contributed by atoms with Gasteiger partial charge in [0.1, 0.15) is 0 Å². The maximum absolute atomic E-state index is 12.3. The fraction of sp³-hybridized carbons (Fsp3) is 1.00. The van der Waals surface area contributed by atoms with E-state index < -0.39 is 10.2 Å². The molecule has 1 aliphatic rings. The molecule has 1 fully saturated rings. The van der Waals surface area contributed by atoms with E-state index in [4.69, 9.17) is 5.73 Å². The molecular formula is C13H29N3O2S. The van der Waals surface area contributed by atoms with E-state index in [2.05, 4.69) is 11.6 Å². The van der Waals surface area contributed by atoms with Crippen LogP contribution in [0.2, 0.25) is 0 Å². The van der Waals surface area contributed by atoms with E-state index in [9.17, 15) is 8.42 Å². The lowest BCUT2D eigenvalue weighted by Gasteiger charge is -2.31. The van der Waals surface area contributed by atoms with E-state index in [1.54, 1.807) is 7.05 Å². The molecule has 1 rings (SSSR count). The predicted molar refractivity (Wildman–Crippen MR) is 79.1 cm³/mol. The molecule has 0 aliphatic heterocycles. The third kappa shape index (κ3) is 5.38. The zero-order valence-electron chi connectivity index (χ0n) is 12.3. The second kappa shape index (κ2) is 8.19. The van der Waals surface area contributed by atoms with Gasteiger partial charge in [0, 0.05) is 25.7 Å². The van der Waals surface area contributed by atoms with Crippen LogP contribution in [-0.4, -0.2) is 38.4 Å². The van der Waals surface area contributed by atoms with Crippen molar-refractivity contribution in [3.05, 3.63) is 0 Å². The van der Waals surface area contributed by atoms with Gasteiger partial charge in [0.05, 0.1) is 0 Å². The average Bonchev–Trinajstić information content (AvgIpc) is 2.43. The van der Waals surface area contributed by atoms with Crippen LogP contribution in [0.15, 0.2) is 0 Å². The Kier molecular flexibility index (Phi) is 7.28. The summed E-state index contributed by atoms with van der Waals surface area (Å²) in [5.74, 6) is 0. The van der Waals surface area contributed by atoms with Crippen LogP contribution in [0.3, 0.4) is 0 Å². The van der Waals surface area contributed by atoms with Crippen molar-refractivity contribution in [2.75, 3.05) is 13.6 Å². The van der Waals surface area contributed by atoms with Crippen molar-refractivity contribution in [2.24, 2.45) is 5.73 Å². The molecule has 5 nitrogen and oxygen atoms in total. The van der Waals surface area contributed by atoms with Gasteiger partial charge in [-0.25, -0.2) is 0 Å². The van der Waals surface area contributed by atoms with Crippen LogP contribution in [0.4, 0.5) is 0 Å². The first-order chi connectivity index (χ1) is 9.01. The molecule has 0 aromatic heterocycles. The van der Waals surface area contributed by atoms with E-state index in [-0.39, 0.29) is 12.1 Å².